The van der Waals surface area contributed by atoms with Crippen molar-refractivity contribution in [3.63, 3.8) is 0 Å². The van der Waals surface area contributed by atoms with E-state index in [1.807, 2.05) is 19.1 Å². The lowest BCUT2D eigenvalue weighted by Gasteiger charge is -2.09. The predicted octanol–water partition coefficient (Wildman–Crippen LogP) is 3.47. The summed E-state index contributed by atoms with van der Waals surface area (Å²) in [6.07, 6.45) is 0.902. The molecule has 0 heterocycles. The number of hydrogen-bond acceptors (Lipinski definition) is 4. The van der Waals surface area contributed by atoms with Gasteiger partial charge in [-0.15, -0.1) is 0 Å². The summed E-state index contributed by atoms with van der Waals surface area (Å²) >= 11 is 11.7. The van der Waals surface area contributed by atoms with Crippen molar-refractivity contribution in [2.45, 2.75) is 13.3 Å². The van der Waals surface area contributed by atoms with Crippen LogP contribution in [0.4, 0.5) is 5.69 Å². The first-order valence-corrected chi connectivity index (χ1v) is 8.92. The Hall–Kier alpha value is -2.57. The van der Waals surface area contributed by atoms with Crippen molar-refractivity contribution in [3.8, 4) is 0 Å². The van der Waals surface area contributed by atoms with Gasteiger partial charge in [-0.1, -0.05) is 42.3 Å². The second kappa shape index (κ2) is 9.94. The van der Waals surface area contributed by atoms with Gasteiger partial charge < -0.3 is 15.4 Å². The molecule has 0 saturated carbocycles. The second-order valence-electron chi connectivity index (χ2n) is 5.57. The number of anilines is 1. The van der Waals surface area contributed by atoms with Crippen LogP contribution in [-0.2, 0) is 20.7 Å². The molecule has 27 heavy (non-hydrogen) atoms. The Bertz CT molecular complexity index is 838. The van der Waals surface area contributed by atoms with E-state index in [2.05, 4.69) is 10.6 Å². The van der Waals surface area contributed by atoms with E-state index in [0.29, 0.717) is 10.7 Å². The van der Waals surface area contributed by atoms with Crippen LogP contribution in [0.1, 0.15) is 22.8 Å². The van der Waals surface area contributed by atoms with E-state index in [0.717, 1.165) is 12.0 Å². The number of aryl methyl sites for hydroxylation is 1. The first-order valence-electron chi connectivity index (χ1n) is 8.16. The molecule has 0 aliphatic rings. The van der Waals surface area contributed by atoms with Gasteiger partial charge in [0, 0.05) is 10.7 Å². The number of rotatable bonds is 7. The van der Waals surface area contributed by atoms with Crippen LogP contribution in [-0.4, -0.2) is 30.9 Å². The third kappa shape index (κ3) is 6.58. The number of benzene rings is 2. The molecular weight excluding hydrogens is 391 g/mol. The van der Waals surface area contributed by atoms with Crippen LogP contribution in [0.25, 0.3) is 0 Å². The normalized spacial score (nSPS) is 10.2. The molecule has 2 rings (SSSR count). The molecule has 0 bridgehead atoms. The average Bonchev–Trinajstić information content (AvgIpc) is 2.65. The number of ether oxygens (including phenoxy) is 1. The van der Waals surface area contributed by atoms with E-state index in [-0.39, 0.29) is 10.6 Å². The van der Waals surface area contributed by atoms with Crippen molar-refractivity contribution in [1.82, 2.24) is 5.32 Å². The van der Waals surface area contributed by atoms with Gasteiger partial charge >= 0.3 is 5.97 Å². The number of hydrogen-bond donors (Lipinski definition) is 2. The fourth-order valence-corrected chi connectivity index (χ4v) is 2.63. The van der Waals surface area contributed by atoms with Crippen LogP contribution in [0.5, 0.6) is 0 Å². The molecule has 2 aromatic carbocycles. The van der Waals surface area contributed by atoms with Crippen LogP contribution in [0.15, 0.2) is 42.5 Å². The monoisotopic (exact) mass is 408 g/mol. The van der Waals surface area contributed by atoms with E-state index in [9.17, 15) is 14.4 Å². The Kier molecular flexibility index (Phi) is 7.64. The van der Waals surface area contributed by atoms with Crippen LogP contribution < -0.4 is 10.6 Å². The summed E-state index contributed by atoms with van der Waals surface area (Å²) in [6, 6.07) is 11.7. The molecule has 8 heteroatoms. The third-order valence-corrected chi connectivity index (χ3v) is 4.13. The van der Waals surface area contributed by atoms with Crippen molar-refractivity contribution in [2.75, 3.05) is 18.5 Å². The van der Waals surface area contributed by atoms with E-state index in [4.69, 9.17) is 27.9 Å². The minimum absolute atomic E-state index is 0.168. The lowest BCUT2D eigenvalue weighted by atomic mass is 10.1. The quantitative estimate of drug-likeness (QED) is 0.686. The molecular formula is C19H18Cl2N2O4. The summed E-state index contributed by atoms with van der Waals surface area (Å²) < 4.78 is 4.84. The lowest BCUT2D eigenvalue weighted by Crippen LogP contribution is -2.32. The van der Waals surface area contributed by atoms with Gasteiger partial charge in [-0.3, -0.25) is 14.4 Å². The third-order valence-electron chi connectivity index (χ3n) is 3.58. The molecule has 142 valence electrons. The zero-order valence-electron chi connectivity index (χ0n) is 14.6. The van der Waals surface area contributed by atoms with Gasteiger partial charge in [0.25, 0.3) is 11.8 Å². The van der Waals surface area contributed by atoms with E-state index < -0.39 is 30.9 Å². The van der Waals surface area contributed by atoms with Crippen LogP contribution >= 0.6 is 23.2 Å². The van der Waals surface area contributed by atoms with E-state index in [1.54, 1.807) is 12.1 Å². The number of carbonyl (C=O) groups excluding carboxylic acids is 3. The Balaban J connectivity index is 1.75. The molecule has 0 aromatic heterocycles. The van der Waals surface area contributed by atoms with Gasteiger partial charge in [-0.2, -0.15) is 0 Å². The topological polar surface area (TPSA) is 84.5 Å². The van der Waals surface area contributed by atoms with Gasteiger partial charge in [0.2, 0.25) is 0 Å². The summed E-state index contributed by atoms with van der Waals surface area (Å²) in [5.74, 6) is -1.77. The highest BCUT2D eigenvalue weighted by atomic mass is 35.5. The van der Waals surface area contributed by atoms with E-state index >= 15 is 0 Å². The average molecular weight is 409 g/mol. The van der Waals surface area contributed by atoms with Crippen molar-refractivity contribution in [3.05, 3.63) is 63.6 Å². The maximum absolute atomic E-state index is 12.0. The summed E-state index contributed by atoms with van der Waals surface area (Å²) in [4.78, 5) is 35.5. The number of esters is 1. The fourth-order valence-electron chi connectivity index (χ4n) is 2.14. The molecule has 2 aromatic rings. The minimum atomic E-state index is -0.745. The molecule has 6 nitrogen and oxygen atoms in total. The Morgan fingerprint density at radius 1 is 1.04 bits per heavy atom. The van der Waals surface area contributed by atoms with Gasteiger partial charge in [0.1, 0.15) is 6.54 Å². The zero-order chi connectivity index (χ0) is 19.8. The maximum atomic E-state index is 12.0. The van der Waals surface area contributed by atoms with Crippen LogP contribution in [0.2, 0.25) is 10.0 Å². The molecule has 0 aliphatic heterocycles. The van der Waals surface area contributed by atoms with Crippen molar-refractivity contribution in [1.29, 1.82) is 0 Å². The van der Waals surface area contributed by atoms with Crippen molar-refractivity contribution < 1.29 is 19.1 Å². The maximum Gasteiger partial charge on any atom is 0.325 e. The fraction of sp³-hybridized carbons (Fsp3) is 0.211. The molecule has 0 saturated heterocycles. The minimum Gasteiger partial charge on any atom is -0.454 e. The van der Waals surface area contributed by atoms with Gasteiger partial charge in [-0.25, -0.2) is 0 Å². The summed E-state index contributed by atoms with van der Waals surface area (Å²) in [6.45, 7) is 1.19. The van der Waals surface area contributed by atoms with Gasteiger partial charge in [0.05, 0.1) is 10.6 Å². The molecule has 2 amide bonds. The first-order chi connectivity index (χ1) is 12.9. The SMILES string of the molecule is CCc1ccc(NC(=O)COC(=O)CNC(=O)c2ccc(Cl)cc2Cl)cc1. The van der Waals surface area contributed by atoms with Gasteiger partial charge in [-0.05, 0) is 42.3 Å². The molecule has 0 radical (unpaired) electrons. The highest BCUT2D eigenvalue weighted by Gasteiger charge is 2.13. The Morgan fingerprint density at radius 2 is 1.74 bits per heavy atom. The van der Waals surface area contributed by atoms with Crippen molar-refractivity contribution in [2.24, 2.45) is 0 Å². The zero-order valence-corrected chi connectivity index (χ0v) is 16.1. The molecule has 0 fully saturated rings. The number of halogens is 2. The summed E-state index contributed by atoms with van der Waals surface area (Å²) in [5.41, 5.74) is 1.94. The van der Waals surface area contributed by atoms with Gasteiger partial charge in [0.15, 0.2) is 6.61 Å². The van der Waals surface area contributed by atoms with Crippen LogP contribution in [0, 0.1) is 0 Å². The lowest BCUT2D eigenvalue weighted by molar-refractivity contribution is -0.146. The highest BCUT2D eigenvalue weighted by Crippen LogP contribution is 2.20. The molecule has 0 unspecified atom stereocenters. The van der Waals surface area contributed by atoms with Crippen molar-refractivity contribution >= 4 is 46.7 Å². The molecule has 0 aliphatic carbocycles. The first kappa shape index (κ1) is 20.7. The molecule has 2 N–H and O–H groups in total. The van der Waals surface area contributed by atoms with Crippen LogP contribution in [0.3, 0.4) is 0 Å². The number of nitrogens with one attached hydrogen (secondary N) is 2. The largest absolute Gasteiger partial charge is 0.454 e. The number of amides is 2. The summed E-state index contributed by atoms with van der Waals surface area (Å²) in [7, 11) is 0. The molecule has 0 atom stereocenters. The molecule has 0 spiro atoms. The number of carbonyl (C=O) groups is 3. The smallest absolute Gasteiger partial charge is 0.325 e. The van der Waals surface area contributed by atoms with E-state index in [1.165, 1.54) is 18.2 Å². The standard InChI is InChI=1S/C19H18Cl2N2O4/c1-2-12-3-6-14(7-4-12)23-17(24)11-27-18(25)10-22-19(26)15-8-5-13(20)9-16(15)21/h3-9H,2,10-11H2,1H3,(H,22,26)(H,23,24). The highest BCUT2D eigenvalue weighted by molar-refractivity contribution is 6.36. The predicted molar refractivity (Wildman–Crippen MR) is 104 cm³/mol. The summed E-state index contributed by atoms with van der Waals surface area (Å²) in [5, 5.41) is 5.55. The Morgan fingerprint density at radius 3 is 2.37 bits per heavy atom. The Labute approximate surface area is 166 Å². The second-order valence-corrected chi connectivity index (χ2v) is 6.41.